The molecular weight excluding hydrogens is 198 g/mol. The topological polar surface area (TPSA) is 29.9 Å². The smallest absolute Gasteiger partial charge is 0.105 e. The molecule has 16 heavy (non-hydrogen) atoms. The molecule has 0 amide bonds. The molecule has 1 heterocycles. The zero-order valence-corrected chi connectivity index (χ0v) is 11.1. The number of imidazole rings is 1. The highest BCUT2D eigenvalue weighted by Gasteiger charge is 2.06. The second-order valence-electron chi connectivity index (χ2n) is 4.81. The van der Waals surface area contributed by atoms with Crippen molar-refractivity contribution in [2.45, 2.75) is 53.6 Å². The van der Waals surface area contributed by atoms with Crippen LogP contribution in [0.15, 0.2) is 6.20 Å². The van der Waals surface area contributed by atoms with Gasteiger partial charge in [-0.05, 0) is 32.2 Å². The van der Waals surface area contributed by atoms with E-state index in [-0.39, 0.29) is 0 Å². The van der Waals surface area contributed by atoms with Crippen LogP contribution in [0, 0.1) is 12.8 Å². The molecule has 0 aliphatic heterocycles. The van der Waals surface area contributed by atoms with E-state index in [1.165, 1.54) is 18.5 Å². The van der Waals surface area contributed by atoms with Crippen molar-refractivity contribution in [2.24, 2.45) is 5.92 Å². The summed E-state index contributed by atoms with van der Waals surface area (Å²) in [6.45, 7) is 11.9. The third kappa shape index (κ3) is 3.97. The van der Waals surface area contributed by atoms with Crippen LogP contribution in [0.2, 0.25) is 0 Å². The Kier molecular flexibility index (Phi) is 5.53. The summed E-state index contributed by atoms with van der Waals surface area (Å²) in [4.78, 5) is 4.40. The van der Waals surface area contributed by atoms with Gasteiger partial charge in [0.2, 0.25) is 0 Å². The third-order valence-corrected chi connectivity index (χ3v) is 2.80. The maximum atomic E-state index is 4.40. The Bertz CT molecular complexity index is 302. The van der Waals surface area contributed by atoms with Crippen LogP contribution < -0.4 is 5.32 Å². The van der Waals surface area contributed by atoms with E-state index in [4.69, 9.17) is 0 Å². The van der Waals surface area contributed by atoms with Crippen molar-refractivity contribution in [1.29, 1.82) is 0 Å². The lowest BCUT2D eigenvalue weighted by Crippen LogP contribution is -2.17. The van der Waals surface area contributed by atoms with Crippen LogP contribution in [0.25, 0.3) is 0 Å². The number of nitrogens with one attached hydrogen (secondary N) is 1. The van der Waals surface area contributed by atoms with E-state index in [1.54, 1.807) is 0 Å². The maximum Gasteiger partial charge on any atom is 0.105 e. The third-order valence-electron chi connectivity index (χ3n) is 2.80. The Morgan fingerprint density at radius 3 is 2.81 bits per heavy atom. The fraction of sp³-hybridized carbons (Fsp3) is 0.769. The molecule has 0 aliphatic rings. The molecule has 0 unspecified atom stereocenters. The van der Waals surface area contributed by atoms with E-state index in [9.17, 15) is 0 Å². The first kappa shape index (κ1) is 13.2. The second-order valence-corrected chi connectivity index (χ2v) is 4.81. The Hall–Kier alpha value is -0.830. The molecule has 1 aromatic rings. The molecule has 1 N–H and O–H groups in total. The highest BCUT2D eigenvalue weighted by atomic mass is 15.1. The summed E-state index contributed by atoms with van der Waals surface area (Å²) in [6, 6.07) is 0. The number of nitrogens with zero attached hydrogens (tertiary/aromatic N) is 2. The number of hydrogen-bond donors (Lipinski definition) is 1. The first-order valence-electron chi connectivity index (χ1n) is 6.36. The molecular formula is C13H25N3. The van der Waals surface area contributed by atoms with E-state index in [0.29, 0.717) is 0 Å². The van der Waals surface area contributed by atoms with Gasteiger partial charge in [-0.15, -0.1) is 0 Å². The van der Waals surface area contributed by atoms with E-state index in [0.717, 1.165) is 31.4 Å². The van der Waals surface area contributed by atoms with Crippen LogP contribution in [0.4, 0.5) is 0 Å². The molecule has 0 spiro atoms. The van der Waals surface area contributed by atoms with Crippen molar-refractivity contribution in [3.05, 3.63) is 17.7 Å². The van der Waals surface area contributed by atoms with Crippen LogP contribution in [-0.2, 0) is 13.1 Å². The molecule has 0 radical (unpaired) electrons. The predicted octanol–water partition coefficient (Wildman–Crippen LogP) is 2.74. The van der Waals surface area contributed by atoms with E-state index in [2.05, 4.69) is 42.6 Å². The van der Waals surface area contributed by atoms with E-state index >= 15 is 0 Å². The zero-order chi connectivity index (χ0) is 12.0. The van der Waals surface area contributed by atoms with Crippen LogP contribution in [0.3, 0.4) is 0 Å². The second kappa shape index (κ2) is 6.69. The zero-order valence-electron chi connectivity index (χ0n) is 11.1. The lowest BCUT2D eigenvalue weighted by atomic mass is 10.1. The van der Waals surface area contributed by atoms with Crippen molar-refractivity contribution in [3.8, 4) is 0 Å². The van der Waals surface area contributed by atoms with Crippen molar-refractivity contribution in [3.63, 3.8) is 0 Å². The summed E-state index contributed by atoms with van der Waals surface area (Å²) in [5, 5.41) is 3.43. The van der Waals surface area contributed by atoms with Crippen molar-refractivity contribution < 1.29 is 0 Å². The van der Waals surface area contributed by atoms with Gasteiger partial charge in [-0.1, -0.05) is 20.8 Å². The van der Waals surface area contributed by atoms with Crippen molar-refractivity contribution in [1.82, 2.24) is 14.9 Å². The van der Waals surface area contributed by atoms with Gasteiger partial charge in [-0.2, -0.15) is 0 Å². The van der Waals surface area contributed by atoms with Gasteiger partial charge < -0.3 is 9.88 Å². The van der Waals surface area contributed by atoms with Gasteiger partial charge in [0, 0.05) is 19.3 Å². The number of hydrogen-bond acceptors (Lipinski definition) is 2. The molecule has 1 rings (SSSR count). The monoisotopic (exact) mass is 223 g/mol. The summed E-state index contributed by atoms with van der Waals surface area (Å²) in [5.41, 5.74) is 1.31. The molecule has 0 fully saturated rings. The van der Waals surface area contributed by atoms with E-state index in [1.807, 2.05) is 6.20 Å². The minimum atomic E-state index is 0.748. The normalized spacial score (nSPS) is 11.3. The Morgan fingerprint density at radius 1 is 1.44 bits per heavy atom. The molecule has 0 saturated carbocycles. The van der Waals surface area contributed by atoms with Gasteiger partial charge >= 0.3 is 0 Å². The molecule has 0 atom stereocenters. The van der Waals surface area contributed by atoms with Crippen LogP contribution in [0.1, 0.15) is 45.1 Å². The van der Waals surface area contributed by atoms with Gasteiger partial charge in [0.05, 0.1) is 5.69 Å². The number of rotatable bonds is 7. The fourth-order valence-electron chi connectivity index (χ4n) is 1.74. The lowest BCUT2D eigenvalue weighted by Gasteiger charge is -2.12. The van der Waals surface area contributed by atoms with Gasteiger partial charge in [-0.25, -0.2) is 4.98 Å². The quantitative estimate of drug-likeness (QED) is 0.720. The molecule has 1 aromatic heterocycles. The highest BCUT2D eigenvalue weighted by molar-refractivity contribution is 5.04. The average Bonchev–Trinajstić information content (AvgIpc) is 2.57. The molecule has 92 valence electrons. The summed E-state index contributed by atoms with van der Waals surface area (Å²) >= 11 is 0. The minimum Gasteiger partial charge on any atom is -0.331 e. The summed E-state index contributed by atoms with van der Waals surface area (Å²) < 4.78 is 2.34. The summed E-state index contributed by atoms with van der Waals surface area (Å²) in [7, 11) is 0. The number of aryl methyl sites for hydroxylation is 1. The van der Waals surface area contributed by atoms with E-state index < -0.39 is 0 Å². The molecule has 0 bridgehead atoms. The molecule has 0 saturated heterocycles. The lowest BCUT2D eigenvalue weighted by molar-refractivity contribution is 0.494. The molecule has 0 aromatic carbocycles. The van der Waals surface area contributed by atoms with Crippen LogP contribution in [0.5, 0.6) is 0 Å². The van der Waals surface area contributed by atoms with Gasteiger partial charge in [0.1, 0.15) is 5.82 Å². The van der Waals surface area contributed by atoms with Gasteiger partial charge in [0.25, 0.3) is 0 Å². The Morgan fingerprint density at radius 2 is 2.19 bits per heavy atom. The van der Waals surface area contributed by atoms with Crippen molar-refractivity contribution >= 4 is 0 Å². The average molecular weight is 223 g/mol. The molecule has 3 nitrogen and oxygen atoms in total. The Balaban J connectivity index is 2.55. The van der Waals surface area contributed by atoms with Crippen LogP contribution in [-0.4, -0.2) is 16.1 Å². The SMILES string of the molecule is CCCNCc1cnc(C)n1CCC(C)C. The first-order chi connectivity index (χ1) is 7.65. The van der Waals surface area contributed by atoms with Gasteiger partial charge in [-0.3, -0.25) is 0 Å². The highest BCUT2D eigenvalue weighted by Crippen LogP contribution is 2.09. The van der Waals surface area contributed by atoms with Gasteiger partial charge in [0.15, 0.2) is 0 Å². The Labute approximate surface area is 99.3 Å². The minimum absolute atomic E-state index is 0.748. The summed E-state index contributed by atoms with van der Waals surface area (Å²) in [5.74, 6) is 1.88. The molecule has 3 heteroatoms. The number of aromatic nitrogens is 2. The van der Waals surface area contributed by atoms with Crippen LogP contribution >= 0.6 is 0 Å². The first-order valence-corrected chi connectivity index (χ1v) is 6.36. The largest absolute Gasteiger partial charge is 0.331 e. The molecule has 0 aliphatic carbocycles. The standard InChI is InChI=1S/C13H25N3/c1-5-7-14-9-13-10-15-12(4)16(13)8-6-11(2)3/h10-11,14H,5-9H2,1-4H3. The van der Waals surface area contributed by atoms with Crippen molar-refractivity contribution in [2.75, 3.05) is 6.54 Å². The summed E-state index contributed by atoms with van der Waals surface area (Å²) in [6.07, 6.45) is 4.40. The maximum absolute atomic E-state index is 4.40. The fourth-order valence-corrected chi connectivity index (χ4v) is 1.74. The predicted molar refractivity (Wildman–Crippen MR) is 68.4 cm³/mol.